The fourth-order valence-corrected chi connectivity index (χ4v) is 3.10. The van der Waals surface area contributed by atoms with Gasteiger partial charge in [0.25, 0.3) is 5.56 Å². The fourth-order valence-electron chi connectivity index (χ4n) is 3.10. The molecule has 0 unspecified atom stereocenters. The maximum atomic E-state index is 13.0. The highest BCUT2D eigenvalue weighted by Crippen LogP contribution is 2.26. The molecule has 9 heteroatoms. The molecular formula is C19H17N3O6. The third-order valence-electron chi connectivity index (χ3n) is 4.51. The minimum Gasteiger partial charge on any atom is -0.507 e. The van der Waals surface area contributed by atoms with Crippen molar-refractivity contribution in [3.8, 4) is 11.8 Å². The number of nitriles is 1. The van der Waals surface area contributed by atoms with Crippen LogP contribution in [0.2, 0.25) is 0 Å². The Kier molecular flexibility index (Phi) is 5.15. The largest absolute Gasteiger partial charge is 0.507 e. The number of fused-ring (bicyclic) bond motifs is 1. The van der Waals surface area contributed by atoms with Gasteiger partial charge in [-0.1, -0.05) is 6.07 Å². The SMILES string of the molecule is Cc1cc(C#N)ccc1CN(CC(=O)O)C(=O)n1c2c(c(O)cc1=O)COC2. The van der Waals surface area contributed by atoms with Crippen LogP contribution >= 0.6 is 0 Å². The van der Waals surface area contributed by atoms with Crippen molar-refractivity contribution in [2.75, 3.05) is 6.54 Å². The summed E-state index contributed by atoms with van der Waals surface area (Å²) < 4.78 is 6.07. The molecule has 9 nitrogen and oxygen atoms in total. The molecular weight excluding hydrogens is 366 g/mol. The van der Waals surface area contributed by atoms with Crippen LogP contribution in [-0.2, 0) is 29.3 Å². The Hall–Kier alpha value is -3.64. The van der Waals surface area contributed by atoms with Gasteiger partial charge < -0.3 is 19.8 Å². The Morgan fingerprint density at radius 2 is 2.07 bits per heavy atom. The van der Waals surface area contributed by atoms with Crippen molar-refractivity contribution in [3.05, 3.63) is 62.6 Å². The zero-order chi connectivity index (χ0) is 20.4. The van der Waals surface area contributed by atoms with E-state index in [0.717, 1.165) is 15.5 Å². The molecule has 0 aliphatic carbocycles. The number of amides is 1. The van der Waals surface area contributed by atoms with Crippen molar-refractivity contribution in [1.82, 2.24) is 9.47 Å². The van der Waals surface area contributed by atoms with Gasteiger partial charge in [-0.15, -0.1) is 0 Å². The van der Waals surface area contributed by atoms with Gasteiger partial charge in [-0.05, 0) is 30.2 Å². The molecule has 1 aromatic carbocycles. The number of carbonyl (C=O) groups excluding carboxylic acids is 1. The van der Waals surface area contributed by atoms with Crippen LogP contribution in [0.25, 0.3) is 0 Å². The van der Waals surface area contributed by atoms with E-state index in [4.69, 9.17) is 10.00 Å². The number of carboxylic acid groups (broad SMARTS) is 1. The Bertz CT molecular complexity index is 1070. The molecule has 28 heavy (non-hydrogen) atoms. The Morgan fingerprint density at radius 3 is 2.71 bits per heavy atom. The number of ether oxygens (including phenoxy) is 1. The van der Waals surface area contributed by atoms with Crippen molar-refractivity contribution in [1.29, 1.82) is 5.26 Å². The number of pyridine rings is 1. The van der Waals surface area contributed by atoms with Gasteiger partial charge in [0, 0.05) is 18.2 Å². The average molecular weight is 383 g/mol. The molecule has 1 aliphatic heterocycles. The van der Waals surface area contributed by atoms with Crippen molar-refractivity contribution in [3.63, 3.8) is 0 Å². The number of carbonyl (C=O) groups is 2. The van der Waals surface area contributed by atoms with Crippen LogP contribution in [0.4, 0.5) is 4.79 Å². The first-order valence-corrected chi connectivity index (χ1v) is 8.37. The lowest BCUT2D eigenvalue weighted by atomic mass is 10.1. The smallest absolute Gasteiger partial charge is 0.332 e. The Morgan fingerprint density at radius 1 is 1.32 bits per heavy atom. The number of aliphatic carboxylic acids is 1. The monoisotopic (exact) mass is 383 g/mol. The summed E-state index contributed by atoms with van der Waals surface area (Å²) in [6, 6.07) is 6.96. The van der Waals surface area contributed by atoms with Crippen molar-refractivity contribution in [2.45, 2.75) is 26.7 Å². The normalized spacial score (nSPS) is 12.3. The summed E-state index contributed by atoms with van der Waals surface area (Å²) >= 11 is 0. The first-order valence-electron chi connectivity index (χ1n) is 8.37. The van der Waals surface area contributed by atoms with E-state index in [0.29, 0.717) is 22.3 Å². The van der Waals surface area contributed by atoms with Crippen LogP contribution in [-0.4, -0.2) is 38.2 Å². The molecule has 1 aliphatic rings. The molecule has 1 aromatic heterocycles. The molecule has 0 atom stereocenters. The van der Waals surface area contributed by atoms with Gasteiger partial charge in [0.1, 0.15) is 12.3 Å². The molecule has 2 aromatic rings. The standard InChI is InChI=1S/C19H17N3O6/c1-11-4-12(6-20)2-3-13(11)7-21(8-18(25)26)19(27)22-15-10-28-9-14(15)16(23)5-17(22)24/h2-5,23H,7-10H2,1H3,(H,25,26). The minimum absolute atomic E-state index is 0.0402. The lowest BCUT2D eigenvalue weighted by molar-refractivity contribution is -0.137. The van der Waals surface area contributed by atoms with E-state index in [2.05, 4.69) is 0 Å². The maximum Gasteiger partial charge on any atom is 0.332 e. The van der Waals surface area contributed by atoms with Crippen molar-refractivity contribution >= 4 is 12.0 Å². The molecule has 3 rings (SSSR count). The quantitative estimate of drug-likeness (QED) is 0.813. The number of benzene rings is 1. The molecule has 0 spiro atoms. The summed E-state index contributed by atoms with van der Waals surface area (Å²) in [6.45, 7) is 1.08. The van der Waals surface area contributed by atoms with Crippen LogP contribution in [0.5, 0.6) is 5.75 Å². The zero-order valence-corrected chi connectivity index (χ0v) is 15.0. The molecule has 2 heterocycles. The molecule has 0 saturated carbocycles. The van der Waals surface area contributed by atoms with Gasteiger partial charge in [-0.2, -0.15) is 5.26 Å². The summed E-state index contributed by atoms with van der Waals surface area (Å²) in [5, 5.41) is 28.1. The lowest BCUT2D eigenvalue weighted by Gasteiger charge is -2.23. The number of rotatable bonds is 4. The third-order valence-corrected chi connectivity index (χ3v) is 4.51. The number of hydrogen-bond donors (Lipinski definition) is 2. The first-order chi connectivity index (χ1) is 13.3. The molecule has 0 saturated heterocycles. The predicted octanol–water partition coefficient (Wildman–Crippen LogP) is 1.32. The summed E-state index contributed by atoms with van der Waals surface area (Å²) in [5.74, 6) is -1.49. The van der Waals surface area contributed by atoms with E-state index < -0.39 is 24.1 Å². The number of nitrogens with zero attached hydrogens (tertiary/aromatic N) is 3. The van der Waals surface area contributed by atoms with Crippen LogP contribution in [0.3, 0.4) is 0 Å². The highest BCUT2D eigenvalue weighted by Gasteiger charge is 2.28. The third kappa shape index (κ3) is 3.58. The predicted molar refractivity (Wildman–Crippen MR) is 95.6 cm³/mol. The van der Waals surface area contributed by atoms with Gasteiger partial charge in [-0.25, -0.2) is 9.36 Å². The van der Waals surface area contributed by atoms with Crippen LogP contribution in [0, 0.1) is 18.3 Å². The van der Waals surface area contributed by atoms with E-state index in [-0.39, 0.29) is 31.2 Å². The van der Waals surface area contributed by atoms with E-state index in [1.165, 1.54) is 0 Å². The van der Waals surface area contributed by atoms with Crippen LogP contribution in [0.15, 0.2) is 29.1 Å². The number of aromatic nitrogens is 1. The highest BCUT2D eigenvalue weighted by molar-refractivity contribution is 5.82. The summed E-state index contributed by atoms with van der Waals surface area (Å²) in [4.78, 5) is 37.7. The number of aryl methyl sites for hydroxylation is 1. The van der Waals surface area contributed by atoms with Gasteiger partial charge >= 0.3 is 12.0 Å². The van der Waals surface area contributed by atoms with E-state index >= 15 is 0 Å². The lowest BCUT2D eigenvalue weighted by Crippen LogP contribution is -2.43. The summed E-state index contributed by atoms with van der Waals surface area (Å²) in [6.07, 6.45) is 0. The molecule has 144 valence electrons. The van der Waals surface area contributed by atoms with Crippen LogP contribution in [0.1, 0.15) is 27.9 Å². The van der Waals surface area contributed by atoms with Gasteiger partial charge in [0.15, 0.2) is 0 Å². The second kappa shape index (κ2) is 7.54. The summed E-state index contributed by atoms with van der Waals surface area (Å²) in [5.41, 5.74) is 1.59. The Labute approximate surface area is 159 Å². The van der Waals surface area contributed by atoms with Crippen molar-refractivity contribution < 1.29 is 24.5 Å². The number of hydrogen-bond acceptors (Lipinski definition) is 6. The number of aromatic hydroxyl groups is 1. The number of carboxylic acids is 1. The topological polar surface area (TPSA) is 133 Å². The van der Waals surface area contributed by atoms with Gasteiger partial charge in [-0.3, -0.25) is 9.59 Å². The molecule has 0 fully saturated rings. The van der Waals surface area contributed by atoms with Crippen molar-refractivity contribution in [2.24, 2.45) is 0 Å². The van der Waals surface area contributed by atoms with Gasteiger partial charge in [0.2, 0.25) is 0 Å². The van der Waals surface area contributed by atoms with Gasteiger partial charge in [0.05, 0.1) is 30.5 Å². The van der Waals surface area contributed by atoms with Crippen LogP contribution < -0.4 is 5.56 Å². The zero-order valence-electron chi connectivity index (χ0n) is 15.0. The molecule has 2 N–H and O–H groups in total. The fraction of sp³-hybridized carbons (Fsp3) is 0.263. The second-order valence-corrected chi connectivity index (χ2v) is 6.41. The van der Waals surface area contributed by atoms with E-state index in [1.807, 2.05) is 6.07 Å². The van der Waals surface area contributed by atoms with E-state index in [1.54, 1.807) is 25.1 Å². The average Bonchev–Trinajstić information content (AvgIpc) is 3.12. The summed E-state index contributed by atoms with van der Waals surface area (Å²) in [7, 11) is 0. The molecule has 1 amide bonds. The highest BCUT2D eigenvalue weighted by atomic mass is 16.5. The maximum absolute atomic E-state index is 13.0. The molecule has 0 bridgehead atoms. The van der Waals surface area contributed by atoms with E-state index in [9.17, 15) is 24.6 Å². The second-order valence-electron chi connectivity index (χ2n) is 6.41. The minimum atomic E-state index is -1.24. The Balaban J connectivity index is 2.01. The molecule has 0 radical (unpaired) electrons. The first kappa shape index (κ1) is 19.1.